The first-order valence-electron chi connectivity index (χ1n) is 7.91. The van der Waals surface area contributed by atoms with Gasteiger partial charge in [0.1, 0.15) is 11.6 Å². The van der Waals surface area contributed by atoms with Gasteiger partial charge in [0.05, 0.1) is 6.04 Å². The molecule has 0 aliphatic rings. The third-order valence-electron chi connectivity index (χ3n) is 3.94. The van der Waals surface area contributed by atoms with Gasteiger partial charge >= 0.3 is 0 Å². The molecule has 3 nitrogen and oxygen atoms in total. The Balaban J connectivity index is 2.02. The molecule has 0 aliphatic heterocycles. The molecule has 0 radical (unpaired) electrons. The number of hydrogen-bond donors (Lipinski definition) is 2. The van der Waals surface area contributed by atoms with Crippen LogP contribution in [0.3, 0.4) is 0 Å². The van der Waals surface area contributed by atoms with E-state index in [9.17, 15) is 18.7 Å². The highest BCUT2D eigenvalue weighted by molar-refractivity contribution is 5.77. The van der Waals surface area contributed by atoms with E-state index in [0.717, 1.165) is 11.6 Å². The van der Waals surface area contributed by atoms with Crippen LogP contribution in [0, 0.1) is 11.6 Å². The van der Waals surface area contributed by atoms with E-state index in [4.69, 9.17) is 0 Å². The Bertz CT molecular complexity index is 676. The van der Waals surface area contributed by atoms with Gasteiger partial charge in [0.2, 0.25) is 5.91 Å². The highest BCUT2D eigenvalue weighted by Crippen LogP contribution is 2.24. The predicted octanol–water partition coefficient (Wildman–Crippen LogP) is 3.70. The highest BCUT2D eigenvalue weighted by atomic mass is 19.1. The molecule has 2 N–H and O–H groups in total. The van der Waals surface area contributed by atoms with Gasteiger partial charge in [-0.25, -0.2) is 8.78 Å². The number of rotatable bonds is 7. The molecule has 24 heavy (non-hydrogen) atoms. The summed E-state index contributed by atoms with van der Waals surface area (Å²) in [6.07, 6.45) is 0.479. The molecule has 0 aromatic heterocycles. The smallest absolute Gasteiger partial charge is 0.221 e. The van der Waals surface area contributed by atoms with Crippen LogP contribution in [-0.2, 0) is 4.79 Å². The molecule has 1 amide bonds. The maximum absolute atomic E-state index is 13.8. The Kier molecular flexibility index (Phi) is 6.44. The van der Waals surface area contributed by atoms with Gasteiger partial charge in [-0.05, 0) is 29.5 Å². The summed E-state index contributed by atoms with van der Waals surface area (Å²) in [7, 11) is 0. The number of hydrogen-bond acceptors (Lipinski definition) is 2. The standard InChI is InChI=1S/C19H21F2NO2/c1-13(16-8-7-15(20)12-17(16)21)11-19(24)22-18(9-10-23)14-5-3-2-4-6-14/h2-8,12-13,18,23H,9-11H2,1H3,(H,22,24). The van der Waals surface area contributed by atoms with Crippen molar-refractivity contribution >= 4 is 5.91 Å². The van der Waals surface area contributed by atoms with Crippen LogP contribution in [-0.4, -0.2) is 17.6 Å². The predicted molar refractivity (Wildman–Crippen MR) is 88.4 cm³/mol. The summed E-state index contributed by atoms with van der Waals surface area (Å²) in [5, 5.41) is 12.1. The SMILES string of the molecule is CC(CC(=O)NC(CCO)c1ccccc1)c1ccc(F)cc1F. The number of nitrogens with one attached hydrogen (secondary N) is 1. The summed E-state index contributed by atoms with van der Waals surface area (Å²) < 4.78 is 26.8. The molecule has 2 atom stereocenters. The number of carbonyl (C=O) groups excluding carboxylic acids is 1. The Morgan fingerprint density at radius 1 is 1.17 bits per heavy atom. The van der Waals surface area contributed by atoms with Gasteiger partial charge in [0.25, 0.3) is 0 Å². The minimum absolute atomic E-state index is 0.0536. The lowest BCUT2D eigenvalue weighted by Crippen LogP contribution is -2.30. The second-order valence-electron chi connectivity index (χ2n) is 5.81. The van der Waals surface area contributed by atoms with Gasteiger partial charge in [-0.2, -0.15) is 0 Å². The number of aliphatic hydroxyl groups excluding tert-OH is 1. The quantitative estimate of drug-likeness (QED) is 0.812. The van der Waals surface area contributed by atoms with E-state index < -0.39 is 11.6 Å². The largest absolute Gasteiger partial charge is 0.396 e. The molecule has 2 rings (SSSR count). The van der Waals surface area contributed by atoms with Crippen LogP contribution in [0.25, 0.3) is 0 Å². The Labute approximate surface area is 140 Å². The molecule has 2 aromatic rings. The van der Waals surface area contributed by atoms with Crippen molar-refractivity contribution < 1.29 is 18.7 Å². The molecule has 5 heteroatoms. The Morgan fingerprint density at radius 3 is 2.50 bits per heavy atom. The third-order valence-corrected chi connectivity index (χ3v) is 3.94. The highest BCUT2D eigenvalue weighted by Gasteiger charge is 2.19. The minimum Gasteiger partial charge on any atom is -0.396 e. The molecule has 2 aromatic carbocycles. The fraction of sp³-hybridized carbons (Fsp3) is 0.316. The van der Waals surface area contributed by atoms with Crippen molar-refractivity contribution in [1.29, 1.82) is 0 Å². The van der Waals surface area contributed by atoms with Crippen molar-refractivity contribution in [2.45, 2.75) is 31.7 Å². The first kappa shape index (κ1) is 18.1. The average Bonchev–Trinajstić information content (AvgIpc) is 2.55. The zero-order chi connectivity index (χ0) is 17.5. The summed E-state index contributed by atoms with van der Waals surface area (Å²) in [4.78, 5) is 12.3. The van der Waals surface area contributed by atoms with Gasteiger partial charge in [-0.15, -0.1) is 0 Å². The van der Waals surface area contributed by atoms with Gasteiger partial charge < -0.3 is 10.4 Å². The van der Waals surface area contributed by atoms with Crippen LogP contribution < -0.4 is 5.32 Å². The number of halogens is 2. The molecule has 0 fully saturated rings. The molecular formula is C19H21F2NO2. The van der Waals surface area contributed by atoms with E-state index in [-0.39, 0.29) is 30.9 Å². The molecule has 0 aliphatic carbocycles. The summed E-state index contributed by atoms with van der Waals surface area (Å²) >= 11 is 0. The van der Waals surface area contributed by atoms with Crippen molar-refractivity contribution in [2.75, 3.05) is 6.61 Å². The second kappa shape index (κ2) is 8.55. The lowest BCUT2D eigenvalue weighted by atomic mass is 9.96. The van der Waals surface area contributed by atoms with Crippen molar-refractivity contribution in [3.8, 4) is 0 Å². The topological polar surface area (TPSA) is 49.3 Å². The molecule has 0 heterocycles. The second-order valence-corrected chi connectivity index (χ2v) is 5.81. The summed E-state index contributed by atoms with van der Waals surface area (Å²) in [6, 6.07) is 12.4. The Morgan fingerprint density at radius 2 is 1.88 bits per heavy atom. The monoisotopic (exact) mass is 333 g/mol. The van der Waals surface area contributed by atoms with Crippen LogP contribution >= 0.6 is 0 Å². The third kappa shape index (κ3) is 4.86. The van der Waals surface area contributed by atoms with Crippen LogP contribution in [0.2, 0.25) is 0 Å². The van der Waals surface area contributed by atoms with Crippen LogP contribution in [0.5, 0.6) is 0 Å². The molecule has 0 bridgehead atoms. The lowest BCUT2D eigenvalue weighted by Gasteiger charge is -2.20. The van der Waals surface area contributed by atoms with Crippen LogP contribution in [0.15, 0.2) is 48.5 Å². The van der Waals surface area contributed by atoms with E-state index in [1.54, 1.807) is 6.92 Å². The van der Waals surface area contributed by atoms with Crippen LogP contribution in [0.4, 0.5) is 8.78 Å². The fourth-order valence-electron chi connectivity index (χ4n) is 2.68. The molecule has 128 valence electrons. The zero-order valence-corrected chi connectivity index (χ0v) is 13.5. The summed E-state index contributed by atoms with van der Waals surface area (Å²) in [5.74, 6) is -1.91. The first-order valence-corrected chi connectivity index (χ1v) is 7.91. The number of aliphatic hydroxyl groups is 1. The molecule has 0 saturated heterocycles. The van der Waals surface area contributed by atoms with Gasteiger partial charge in [-0.1, -0.05) is 43.3 Å². The van der Waals surface area contributed by atoms with Crippen molar-refractivity contribution in [2.24, 2.45) is 0 Å². The van der Waals surface area contributed by atoms with E-state index >= 15 is 0 Å². The normalized spacial score (nSPS) is 13.3. The average molecular weight is 333 g/mol. The fourth-order valence-corrected chi connectivity index (χ4v) is 2.68. The summed E-state index contributed by atoms with van der Waals surface area (Å²) in [5.41, 5.74) is 1.21. The van der Waals surface area contributed by atoms with Gasteiger partial charge in [-0.3, -0.25) is 4.79 Å². The minimum atomic E-state index is -0.648. The molecular weight excluding hydrogens is 312 g/mol. The van der Waals surface area contributed by atoms with E-state index in [2.05, 4.69) is 5.32 Å². The molecule has 0 spiro atoms. The van der Waals surface area contributed by atoms with E-state index in [0.29, 0.717) is 12.0 Å². The maximum atomic E-state index is 13.8. The maximum Gasteiger partial charge on any atom is 0.221 e. The number of amides is 1. The molecule has 2 unspecified atom stereocenters. The zero-order valence-electron chi connectivity index (χ0n) is 13.5. The van der Waals surface area contributed by atoms with Gasteiger partial charge in [0, 0.05) is 19.1 Å². The lowest BCUT2D eigenvalue weighted by molar-refractivity contribution is -0.122. The van der Waals surface area contributed by atoms with E-state index in [1.807, 2.05) is 30.3 Å². The number of carbonyl (C=O) groups is 1. The van der Waals surface area contributed by atoms with Crippen LogP contribution in [0.1, 0.15) is 42.9 Å². The number of benzene rings is 2. The first-order chi connectivity index (χ1) is 11.5. The molecule has 0 saturated carbocycles. The van der Waals surface area contributed by atoms with Crippen molar-refractivity contribution in [3.63, 3.8) is 0 Å². The Hall–Kier alpha value is -2.27. The van der Waals surface area contributed by atoms with Crippen molar-refractivity contribution in [1.82, 2.24) is 5.32 Å². The van der Waals surface area contributed by atoms with Gasteiger partial charge in [0.15, 0.2) is 0 Å². The summed E-state index contributed by atoms with van der Waals surface area (Å²) in [6.45, 7) is 1.67. The van der Waals surface area contributed by atoms with E-state index in [1.165, 1.54) is 12.1 Å². The van der Waals surface area contributed by atoms with Crippen molar-refractivity contribution in [3.05, 3.63) is 71.3 Å².